The number of nitrogens with zero attached hydrogens (tertiary/aromatic N) is 3. The lowest BCUT2D eigenvalue weighted by Gasteiger charge is -2.34. The predicted octanol–water partition coefficient (Wildman–Crippen LogP) is 9.22. The van der Waals surface area contributed by atoms with Crippen LogP contribution in [0.4, 0.5) is 0 Å². The lowest BCUT2D eigenvalue weighted by Crippen LogP contribution is -2.29. The molecular formula is C41H34N4. The average molecular weight is 583 g/mol. The molecule has 218 valence electrons. The number of aromatic nitrogens is 3. The SMILES string of the molecule is C/C=C\C(=C/N)C1(c2ccccc2)c2ccccc2-c2c(-c3nc(-c4ccc(C)cc4)nc(-c4ccc(C)cc4)n3)cccc21. The normalized spacial score (nSPS) is 15.7. The molecule has 4 heteroatoms. The first-order valence-corrected chi connectivity index (χ1v) is 15.3. The number of nitrogens with two attached hydrogens (primary N) is 1. The van der Waals surface area contributed by atoms with E-state index in [1.807, 2.05) is 6.92 Å². The van der Waals surface area contributed by atoms with Gasteiger partial charge in [0.2, 0.25) is 0 Å². The van der Waals surface area contributed by atoms with Crippen molar-refractivity contribution < 1.29 is 0 Å². The molecule has 1 aliphatic carbocycles. The van der Waals surface area contributed by atoms with E-state index in [1.165, 1.54) is 16.7 Å². The molecule has 1 heterocycles. The van der Waals surface area contributed by atoms with Crippen LogP contribution in [-0.2, 0) is 5.41 Å². The molecule has 0 spiro atoms. The molecule has 0 saturated heterocycles. The van der Waals surface area contributed by atoms with E-state index in [1.54, 1.807) is 6.20 Å². The highest BCUT2D eigenvalue weighted by Crippen LogP contribution is 2.58. The van der Waals surface area contributed by atoms with Gasteiger partial charge < -0.3 is 5.73 Å². The second kappa shape index (κ2) is 11.5. The summed E-state index contributed by atoms with van der Waals surface area (Å²) in [6.45, 7) is 6.20. The zero-order valence-electron chi connectivity index (χ0n) is 25.7. The van der Waals surface area contributed by atoms with Crippen LogP contribution in [0.15, 0.2) is 145 Å². The smallest absolute Gasteiger partial charge is 0.164 e. The van der Waals surface area contributed by atoms with E-state index in [4.69, 9.17) is 20.7 Å². The molecule has 0 radical (unpaired) electrons. The van der Waals surface area contributed by atoms with E-state index in [9.17, 15) is 0 Å². The number of hydrogen-bond acceptors (Lipinski definition) is 4. The Morgan fingerprint density at radius 1 is 0.578 bits per heavy atom. The third-order valence-corrected chi connectivity index (χ3v) is 8.73. The first-order valence-electron chi connectivity index (χ1n) is 15.3. The second-order valence-corrected chi connectivity index (χ2v) is 11.6. The molecule has 2 N–H and O–H groups in total. The summed E-state index contributed by atoms with van der Waals surface area (Å²) in [5.41, 5.74) is 17.8. The Hall–Kier alpha value is -5.61. The van der Waals surface area contributed by atoms with Crippen molar-refractivity contribution in [3.05, 3.63) is 173 Å². The minimum absolute atomic E-state index is 0.614. The minimum Gasteiger partial charge on any atom is -0.404 e. The van der Waals surface area contributed by atoms with Gasteiger partial charge in [-0.15, -0.1) is 0 Å². The standard InChI is InChI=1S/C41H34N4/c1-4-11-32(26-42)41(31-12-6-5-7-13-31)35-16-9-8-14-33(35)37-34(15-10-17-36(37)41)40-44-38(29-22-18-27(2)19-23-29)43-39(45-40)30-24-20-28(3)21-25-30/h4-26H,42H2,1-3H3/b11-4-,32-26+. The number of fused-ring (bicyclic) bond motifs is 3. The van der Waals surface area contributed by atoms with Crippen LogP contribution >= 0.6 is 0 Å². The zero-order valence-corrected chi connectivity index (χ0v) is 25.7. The number of benzene rings is 5. The van der Waals surface area contributed by atoms with Gasteiger partial charge in [-0.25, -0.2) is 15.0 Å². The maximum Gasteiger partial charge on any atom is 0.164 e. The fraction of sp³-hybridized carbons (Fsp3) is 0.0976. The highest BCUT2D eigenvalue weighted by Gasteiger charge is 2.47. The first kappa shape index (κ1) is 28.2. The third kappa shape index (κ3) is 4.67. The van der Waals surface area contributed by atoms with Gasteiger partial charge >= 0.3 is 0 Å². The molecule has 1 unspecified atom stereocenters. The van der Waals surface area contributed by atoms with Crippen molar-refractivity contribution in [2.24, 2.45) is 5.73 Å². The summed E-state index contributed by atoms with van der Waals surface area (Å²) < 4.78 is 0. The van der Waals surface area contributed by atoms with Crippen LogP contribution in [0.3, 0.4) is 0 Å². The largest absolute Gasteiger partial charge is 0.404 e. The summed E-state index contributed by atoms with van der Waals surface area (Å²) in [6.07, 6.45) is 5.93. The molecule has 0 amide bonds. The van der Waals surface area contributed by atoms with Gasteiger partial charge in [-0.05, 0) is 60.4 Å². The van der Waals surface area contributed by atoms with E-state index in [-0.39, 0.29) is 0 Å². The molecule has 0 aliphatic heterocycles. The van der Waals surface area contributed by atoms with Crippen LogP contribution in [-0.4, -0.2) is 15.0 Å². The number of rotatable bonds is 6. The van der Waals surface area contributed by atoms with Crippen LogP contribution in [0.5, 0.6) is 0 Å². The predicted molar refractivity (Wildman–Crippen MR) is 184 cm³/mol. The Morgan fingerprint density at radius 2 is 1.11 bits per heavy atom. The van der Waals surface area contributed by atoms with Gasteiger partial charge in [-0.3, -0.25) is 0 Å². The fourth-order valence-corrected chi connectivity index (χ4v) is 6.64. The summed E-state index contributed by atoms with van der Waals surface area (Å²) in [4.78, 5) is 15.3. The van der Waals surface area contributed by atoms with Crippen LogP contribution in [0.25, 0.3) is 45.3 Å². The Bertz CT molecular complexity index is 2010. The minimum atomic E-state index is -0.614. The van der Waals surface area contributed by atoms with Crippen molar-refractivity contribution in [3.8, 4) is 45.3 Å². The van der Waals surface area contributed by atoms with Crippen LogP contribution in [0, 0.1) is 13.8 Å². The molecule has 1 atom stereocenters. The molecule has 7 rings (SSSR count). The van der Waals surface area contributed by atoms with Gasteiger partial charge in [0.05, 0.1) is 5.41 Å². The van der Waals surface area contributed by atoms with Gasteiger partial charge in [-0.2, -0.15) is 0 Å². The molecule has 1 aromatic heterocycles. The highest BCUT2D eigenvalue weighted by molar-refractivity contribution is 5.94. The Morgan fingerprint density at radius 3 is 1.71 bits per heavy atom. The Balaban J connectivity index is 1.55. The van der Waals surface area contributed by atoms with Crippen molar-refractivity contribution in [1.29, 1.82) is 0 Å². The Kier molecular flexibility index (Phi) is 7.19. The summed E-state index contributed by atoms with van der Waals surface area (Å²) >= 11 is 0. The van der Waals surface area contributed by atoms with Crippen molar-refractivity contribution in [3.63, 3.8) is 0 Å². The molecule has 0 saturated carbocycles. The summed E-state index contributed by atoms with van der Waals surface area (Å²) in [6, 6.07) is 42.4. The molecule has 5 aromatic carbocycles. The van der Waals surface area contributed by atoms with Gasteiger partial charge in [0.15, 0.2) is 17.5 Å². The van der Waals surface area contributed by atoms with Crippen LogP contribution < -0.4 is 5.73 Å². The molecule has 4 nitrogen and oxygen atoms in total. The fourth-order valence-electron chi connectivity index (χ4n) is 6.64. The van der Waals surface area contributed by atoms with Crippen molar-refractivity contribution in [2.75, 3.05) is 0 Å². The first-order chi connectivity index (χ1) is 22.0. The monoisotopic (exact) mass is 582 g/mol. The van der Waals surface area contributed by atoms with E-state index in [0.29, 0.717) is 17.5 Å². The maximum absolute atomic E-state index is 6.47. The summed E-state index contributed by atoms with van der Waals surface area (Å²) in [5.74, 6) is 1.92. The highest BCUT2D eigenvalue weighted by atomic mass is 15.0. The lowest BCUT2D eigenvalue weighted by molar-refractivity contribution is 0.764. The number of hydrogen-bond donors (Lipinski definition) is 1. The Labute approximate surface area is 264 Å². The van der Waals surface area contributed by atoms with Gasteiger partial charge in [0, 0.05) is 16.7 Å². The van der Waals surface area contributed by atoms with Crippen molar-refractivity contribution >= 4 is 0 Å². The van der Waals surface area contributed by atoms with Crippen LogP contribution in [0.2, 0.25) is 0 Å². The van der Waals surface area contributed by atoms with Gasteiger partial charge in [0.1, 0.15) is 0 Å². The zero-order chi connectivity index (χ0) is 31.0. The van der Waals surface area contributed by atoms with Crippen LogP contribution in [0.1, 0.15) is 34.7 Å². The van der Waals surface area contributed by atoms with Crippen molar-refractivity contribution in [1.82, 2.24) is 15.0 Å². The van der Waals surface area contributed by atoms with E-state index < -0.39 is 5.41 Å². The topological polar surface area (TPSA) is 64.7 Å². The second-order valence-electron chi connectivity index (χ2n) is 11.6. The average Bonchev–Trinajstić information content (AvgIpc) is 3.39. The summed E-state index contributed by atoms with van der Waals surface area (Å²) in [7, 11) is 0. The van der Waals surface area contributed by atoms with E-state index in [0.717, 1.165) is 44.5 Å². The van der Waals surface area contributed by atoms with Gasteiger partial charge in [-0.1, -0.05) is 145 Å². The molecular weight excluding hydrogens is 548 g/mol. The summed E-state index contributed by atoms with van der Waals surface area (Å²) in [5, 5.41) is 0. The molecule has 0 bridgehead atoms. The lowest BCUT2D eigenvalue weighted by atomic mass is 9.67. The van der Waals surface area contributed by atoms with E-state index >= 15 is 0 Å². The molecule has 45 heavy (non-hydrogen) atoms. The van der Waals surface area contributed by atoms with Crippen molar-refractivity contribution in [2.45, 2.75) is 26.2 Å². The molecule has 6 aromatic rings. The molecule has 1 aliphatic rings. The number of allylic oxidation sites excluding steroid dienone is 3. The van der Waals surface area contributed by atoms with E-state index in [2.05, 4.69) is 147 Å². The third-order valence-electron chi connectivity index (χ3n) is 8.73. The number of aryl methyl sites for hydroxylation is 2. The quantitative estimate of drug-likeness (QED) is 0.199. The van der Waals surface area contributed by atoms with Gasteiger partial charge in [0.25, 0.3) is 0 Å². The maximum atomic E-state index is 6.47. The molecule has 0 fully saturated rings.